The van der Waals surface area contributed by atoms with Crippen molar-refractivity contribution in [3.8, 4) is 0 Å². The van der Waals surface area contributed by atoms with Gasteiger partial charge in [-0.05, 0) is 111 Å². The van der Waals surface area contributed by atoms with Gasteiger partial charge in [0.1, 0.15) is 0 Å². The van der Waals surface area contributed by atoms with Gasteiger partial charge in [0.2, 0.25) is 0 Å². The standard InChI is InChI=1S/C22H34O2/c1-17-8-18(2)10-20(9-17,14-22(24,11-17)12-18)19-4-15-3-16(5-19)7-21(23,6-15)13-19/h15-16,23-24H,3-14H2,1-2H3. The van der Waals surface area contributed by atoms with Crippen molar-refractivity contribution < 1.29 is 10.2 Å². The predicted octanol–water partition coefficient (Wildman–Crippen LogP) is 4.43. The third kappa shape index (κ3) is 1.71. The summed E-state index contributed by atoms with van der Waals surface area (Å²) in [4.78, 5) is 0. The van der Waals surface area contributed by atoms with E-state index in [0.29, 0.717) is 21.7 Å². The van der Waals surface area contributed by atoms with Crippen LogP contribution >= 0.6 is 0 Å². The molecule has 24 heavy (non-hydrogen) atoms. The fourth-order valence-electron chi connectivity index (χ4n) is 11.0. The Kier molecular flexibility index (Phi) is 2.37. The topological polar surface area (TPSA) is 40.5 Å². The van der Waals surface area contributed by atoms with E-state index < -0.39 is 5.60 Å². The van der Waals surface area contributed by atoms with Gasteiger partial charge in [-0.1, -0.05) is 13.8 Å². The van der Waals surface area contributed by atoms with E-state index >= 15 is 0 Å². The second-order valence-electron chi connectivity index (χ2n) is 12.7. The Labute approximate surface area is 146 Å². The van der Waals surface area contributed by atoms with Gasteiger partial charge >= 0.3 is 0 Å². The minimum Gasteiger partial charge on any atom is -0.390 e. The molecular formula is C22H34O2. The van der Waals surface area contributed by atoms with Gasteiger partial charge in [0.05, 0.1) is 11.2 Å². The monoisotopic (exact) mass is 330 g/mol. The molecule has 134 valence electrons. The van der Waals surface area contributed by atoms with E-state index in [-0.39, 0.29) is 5.60 Å². The lowest BCUT2D eigenvalue weighted by Crippen LogP contribution is -2.70. The van der Waals surface area contributed by atoms with E-state index in [4.69, 9.17) is 0 Å². The average Bonchev–Trinajstić information content (AvgIpc) is 2.28. The molecule has 8 fully saturated rings. The van der Waals surface area contributed by atoms with Crippen LogP contribution in [0.1, 0.15) is 90.9 Å². The van der Waals surface area contributed by atoms with Gasteiger partial charge in [-0.2, -0.15) is 0 Å². The molecule has 2 nitrogen and oxygen atoms in total. The van der Waals surface area contributed by atoms with Gasteiger partial charge < -0.3 is 10.2 Å². The number of hydrogen-bond donors (Lipinski definition) is 2. The quantitative estimate of drug-likeness (QED) is 0.747. The smallest absolute Gasteiger partial charge is 0.0663 e. The summed E-state index contributed by atoms with van der Waals surface area (Å²) in [6.45, 7) is 4.94. The maximum absolute atomic E-state index is 11.5. The highest BCUT2D eigenvalue weighted by Crippen LogP contribution is 2.79. The molecule has 0 aromatic heterocycles. The second-order valence-corrected chi connectivity index (χ2v) is 12.7. The molecule has 8 aliphatic rings. The first-order valence-electron chi connectivity index (χ1n) is 10.5. The zero-order valence-electron chi connectivity index (χ0n) is 15.5. The van der Waals surface area contributed by atoms with E-state index in [1.807, 2.05) is 0 Å². The molecule has 0 heterocycles. The van der Waals surface area contributed by atoms with E-state index in [1.165, 1.54) is 38.5 Å². The molecule has 0 spiro atoms. The van der Waals surface area contributed by atoms with E-state index in [1.54, 1.807) is 0 Å². The maximum atomic E-state index is 11.5. The Morgan fingerprint density at radius 3 is 1.62 bits per heavy atom. The van der Waals surface area contributed by atoms with Crippen LogP contribution in [0, 0.1) is 33.5 Å². The normalized spacial score (nSPS) is 69.5. The molecule has 8 bridgehead atoms. The van der Waals surface area contributed by atoms with Crippen molar-refractivity contribution in [1.29, 1.82) is 0 Å². The van der Waals surface area contributed by atoms with Crippen molar-refractivity contribution in [2.24, 2.45) is 33.5 Å². The fraction of sp³-hybridized carbons (Fsp3) is 1.00. The summed E-state index contributed by atoms with van der Waals surface area (Å²) in [6, 6.07) is 0. The SMILES string of the molecule is CC12CC3(C)CC(O)(C1)CC(C14CC5CC(CC(O)(C5)C1)C4)(C2)C3. The fourth-order valence-corrected chi connectivity index (χ4v) is 11.0. The van der Waals surface area contributed by atoms with Gasteiger partial charge in [-0.25, -0.2) is 0 Å². The molecule has 0 aliphatic heterocycles. The minimum atomic E-state index is -0.412. The van der Waals surface area contributed by atoms with Crippen molar-refractivity contribution in [2.75, 3.05) is 0 Å². The molecule has 2 N–H and O–H groups in total. The molecular weight excluding hydrogens is 296 g/mol. The summed E-state index contributed by atoms with van der Waals surface area (Å²) in [6.07, 6.45) is 14.4. The molecule has 2 heteroatoms. The summed E-state index contributed by atoms with van der Waals surface area (Å²) in [7, 11) is 0. The Morgan fingerprint density at radius 1 is 0.583 bits per heavy atom. The zero-order chi connectivity index (χ0) is 16.6. The molecule has 8 aliphatic carbocycles. The van der Waals surface area contributed by atoms with Crippen LogP contribution in [-0.4, -0.2) is 21.4 Å². The molecule has 4 atom stereocenters. The summed E-state index contributed by atoms with van der Waals surface area (Å²) < 4.78 is 0. The summed E-state index contributed by atoms with van der Waals surface area (Å²) in [5.74, 6) is 1.53. The molecule has 8 saturated carbocycles. The van der Waals surface area contributed by atoms with E-state index in [9.17, 15) is 10.2 Å². The van der Waals surface area contributed by atoms with Crippen LogP contribution in [0.25, 0.3) is 0 Å². The Balaban J connectivity index is 1.50. The van der Waals surface area contributed by atoms with E-state index in [0.717, 1.165) is 50.4 Å². The van der Waals surface area contributed by atoms with E-state index in [2.05, 4.69) is 13.8 Å². The lowest BCUT2D eigenvalue weighted by atomic mass is 9.30. The van der Waals surface area contributed by atoms with Gasteiger partial charge in [0, 0.05) is 0 Å². The zero-order valence-corrected chi connectivity index (χ0v) is 15.5. The van der Waals surface area contributed by atoms with Crippen LogP contribution < -0.4 is 0 Å². The van der Waals surface area contributed by atoms with Crippen molar-refractivity contribution in [2.45, 2.75) is 102 Å². The highest BCUT2D eigenvalue weighted by molar-refractivity contribution is 5.23. The van der Waals surface area contributed by atoms with Crippen LogP contribution in [0.2, 0.25) is 0 Å². The molecule has 0 aromatic carbocycles. The Hall–Kier alpha value is -0.0800. The molecule has 0 aromatic rings. The summed E-state index contributed by atoms with van der Waals surface area (Å²) in [5, 5.41) is 22.8. The lowest BCUT2D eigenvalue weighted by molar-refractivity contribution is -0.296. The first-order valence-corrected chi connectivity index (χ1v) is 10.5. The van der Waals surface area contributed by atoms with Crippen molar-refractivity contribution in [1.82, 2.24) is 0 Å². The average molecular weight is 331 g/mol. The van der Waals surface area contributed by atoms with Crippen molar-refractivity contribution in [3.05, 3.63) is 0 Å². The van der Waals surface area contributed by atoms with Crippen LogP contribution in [0.15, 0.2) is 0 Å². The molecule has 8 rings (SSSR count). The first kappa shape index (κ1) is 15.0. The lowest BCUT2D eigenvalue weighted by Gasteiger charge is -2.76. The summed E-state index contributed by atoms with van der Waals surface area (Å²) >= 11 is 0. The van der Waals surface area contributed by atoms with Crippen molar-refractivity contribution >= 4 is 0 Å². The maximum Gasteiger partial charge on any atom is 0.0663 e. The predicted molar refractivity (Wildman–Crippen MR) is 93.4 cm³/mol. The van der Waals surface area contributed by atoms with Crippen LogP contribution in [0.4, 0.5) is 0 Å². The van der Waals surface area contributed by atoms with Crippen molar-refractivity contribution in [3.63, 3.8) is 0 Å². The largest absolute Gasteiger partial charge is 0.390 e. The van der Waals surface area contributed by atoms with Gasteiger partial charge in [-0.15, -0.1) is 0 Å². The van der Waals surface area contributed by atoms with Gasteiger partial charge in [0.25, 0.3) is 0 Å². The number of rotatable bonds is 1. The molecule has 4 unspecified atom stereocenters. The third-order valence-electron chi connectivity index (χ3n) is 9.72. The molecule has 0 radical (unpaired) electrons. The Morgan fingerprint density at radius 2 is 1.12 bits per heavy atom. The highest BCUT2D eigenvalue weighted by Gasteiger charge is 2.73. The number of aliphatic hydroxyl groups is 2. The van der Waals surface area contributed by atoms with Gasteiger partial charge in [-0.3, -0.25) is 0 Å². The van der Waals surface area contributed by atoms with Crippen LogP contribution in [-0.2, 0) is 0 Å². The second kappa shape index (κ2) is 3.79. The van der Waals surface area contributed by atoms with Crippen LogP contribution in [0.3, 0.4) is 0 Å². The van der Waals surface area contributed by atoms with Gasteiger partial charge in [0.15, 0.2) is 0 Å². The Bertz CT molecular complexity index is 554. The molecule has 0 saturated heterocycles. The minimum absolute atomic E-state index is 0.311. The first-order chi connectivity index (χ1) is 11.1. The third-order valence-corrected chi connectivity index (χ3v) is 9.72. The summed E-state index contributed by atoms with van der Waals surface area (Å²) in [5.41, 5.74) is 0.547. The highest BCUT2D eigenvalue weighted by atomic mass is 16.3. The van der Waals surface area contributed by atoms with Crippen LogP contribution in [0.5, 0.6) is 0 Å². The number of hydrogen-bond acceptors (Lipinski definition) is 2. The molecule has 0 amide bonds.